The normalized spacial score (nSPS) is 11.9. The van der Waals surface area contributed by atoms with Crippen LogP contribution in [-0.4, -0.2) is 19.1 Å². The molecule has 3 aromatic heterocycles. The summed E-state index contributed by atoms with van der Waals surface area (Å²) in [7, 11) is 0. The molecule has 0 spiro atoms. The molecule has 0 atom stereocenters. The Hall–Kier alpha value is -8.02. The van der Waals surface area contributed by atoms with E-state index >= 15 is 0 Å². The number of benzene rings is 8. The Bertz CT molecular complexity index is 3680. The SMILES string of the molecule is CC(C)c1cc(-c2ccccc2)cc(C(C)C)c1-c1cccnc1-n1c2ccccc2c2ccc(Oc3cccc(-c4nc5ccccc5n4-c4c(C(C)C)cc(-c5ccccc5)cc4C(C)C)c3)cc21. The molecule has 71 heavy (non-hydrogen) atoms. The highest BCUT2D eigenvalue weighted by Crippen LogP contribution is 2.45. The molecule has 11 aromatic rings. The van der Waals surface area contributed by atoms with E-state index in [1.54, 1.807) is 0 Å². The van der Waals surface area contributed by atoms with E-state index in [1.807, 2.05) is 12.3 Å². The molecular weight excluding hydrogens is 865 g/mol. The van der Waals surface area contributed by atoms with Gasteiger partial charge in [-0.1, -0.05) is 171 Å². The zero-order valence-corrected chi connectivity index (χ0v) is 42.0. The van der Waals surface area contributed by atoms with E-state index < -0.39 is 0 Å². The summed E-state index contributed by atoms with van der Waals surface area (Å²) in [5, 5.41) is 2.30. The van der Waals surface area contributed by atoms with Crippen LogP contribution in [0.25, 0.3) is 89.1 Å². The summed E-state index contributed by atoms with van der Waals surface area (Å²) in [6, 6.07) is 67.4. The molecule has 0 aliphatic rings. The minimum Gasteiger partial charge on any atom is -0.457 e. The van der Waals surface area contributed by atoms with E-state index in [9.17, 15) is 0 Å². The van der Waals surface area contributed by atoms with Crippen molar-refractivity contribution >= 4 is 32.8 Å². The van der Waals surface area contributed by atoms with Gasteiger partial charge in [0.1, 0.15) is 23.1 Å². The molecule has 0 amide bonds. The van der Waals surface area contributed by atoms with Gasteiger partial charge in [-0.25, -0.2) is 9.97 Å². The lowest BCUT2D eigenvalue weighted by Crippen LogP contribution is -2.09. The van der Waals surface area contributed by atoms with Gasteiger partial charge in [-0.3, -0.25) is 9.13 Å². The van der Waals surface area contributed by atoms with Gasteiger partial charge < -0.3 is 4.74 Å². The fraction of sp³-hybridized carbons (Fsp3) is 0.182. The molecular formula is C66H60N4O. The first-order valence-corrected chi connectivity index (χ1v) is 25.3. The van der Waals surface area contributed by atoms with Gasteiger partial charge in [0.05, 0.1) is 27.8 Å². The predicted octanol–water partition coefficient (Wildman–Crippen LogP) is 18.5. The first kappa shape index (κ1) is 45.4. The quantitative estimate of drug-likeness (QED) is 0.123. The van der Waals surface area contributed by atoms with Crippen molar-refractivity contribution in [3.05, 3.63) is 217 Å². The second-order valence-corrected chi connectivity index (χ2v) is 20.2. The second kappa shape index (κ2) is 18.7. The van der Waals surface area contributed by atoms with Crippen LogP contribution in [0.2, 0.25) is 0 Å². The number of fused-ring (bicyclic) bond motifs is 4. The zero-order valence-electron chi connectivity index (χ0n) is 42.0. The van der Waals surface area contributed by atoms with Crippen LogP contribution in [0.5, 0.6) is 11.5 Å². The molecule has 0 aliphatic heterocycles. The second-order valence-electron chi connectivity index (χ2n) is 20.2. The van der Waals surface area contributed by atoms with Gasteiger partial charge in [0.15, 0.2) is 0 Å². The molecule has 5 heteroatoms. The van der Waals surface area contributed by atoms with Gasteiger partial charge in [-0.05, 0) is 140 Å². The Morgan fingerprint density at radius 1 is 0.394 bits per heavy atom. The molecule has 0 saturated heterocycles. The Kier molecular flexibility index (Phi) is 12.0. The van der Waals surface area contributed by atoms with Gasteiger partial charge in [0.2, 0.25) is 0 Å². The van der Waals surface area contributed by atoms with Crippen LogP contribution in [0.1, 0.15) is 101 Å². The van der Waals surface area contributed by atoms with Crippen LogP contribution in [0.15, 0.2) is 194 Å². The summed E-state index contributed by atoms with van der Waals surface area (Å²) in [5.41, 5.74) is 18.8. The third kappa shape index (κ3) is 8.29. The topological polar surface area (TPSA) is 44.9 Å². The van der Waals surface area contributed by atoms with Crippen LogP contribution in [-0.2, 0) is 0 Å². The number of hydrogen-bond donors (Lipinski definition) is 0. The molecule has 0 saturated carbocycles. The molecule has 8 aromatic carbocycles. The molecule has 0 fully saturated rings. The number of nitrogens with zero attached hydrogens (tertiary/aromatic N) is 4. The van der Waals surface area contributed by atoms with Crippen molar-refractivity contribution in [3.8, 4) is 67.8 Å². The van der Waals surface area contributed by atoms with E-state index in [0.717, 1.165) is 67.1 Å². The third-order valence-electron chi connectivity index (χ3n) is 14.1. The fourth-order valence-electron chi connectivity index (χ4n) is 10.6. The van der Waals surface area contributed by atoms with Crippen LogP contribution in [0.3, 0.4) is 0 Å². The predicted molar refractivity (Wildman–Crippen MR) is 298 cm³/mol. The summed E-state index contributed by atoms with van der Waals surface area (Å²) in [4.78, 5) is 10.6. The third-order valence-corrected chi connectivity index (χ3v) is 14.1. The van der Waals surface area contributed by atoms with Gasteiger partial charge in [-0.2, -0.15) is 0 Å². The molecule has 0 bridgehead atoms. The van der Waals surface area contributed by atoms with Crippen LogP contribution >= 0.6 is 0 Å². The average Bonchev–Trinajstić information content (AvgIpc) is 3.94. The Morgan fingerprint density at radius 3 is 1.56 bits per heavy atom. The number of rotatable bonds is 12. The molecule has 350 valence electrons. The first-order chi connectivity index (χ1) is 34.5. The minimum atomic E-state index is 0.261. The van der Waals surface area contributed by atoms with Crippen LogP contribution in [0.4, 0.5) is 0 Å². The summed E-state index contributed by atoms with van der Waals surface area (Å²) in [6.07, 6.45) is 1.92. The molecule has 0 N–H and O–H groups in total. The highest BCUT2D eigenvalue weighted by atomic mass is 16.5. The number of aromatic nitrogens is 4. The van der Waals surface area contributed by atoms with Crippen LogP contribution < -0.4 is 4.74 Å². The number of hydrogen-bond acceptors (Lipinski definition) is 3. The minimum absolute atomic E-state index is 0.261. The van der Waals surface area contributed by atoms with Gasteiger partial charge in [0.25, 0.3) is 0 Å². The van der Waals surface area contributed by atoms with E-state index in [1.165, 1.54) is 55.8 Å². The largest absolute Gasteiger partial charge is 0.457 e. The van der Waals surface area contributed by atoms with Gasteiger partial charge in [0, 0.05) is 34.2 Å². The summed E-state index contributed by atoms with van der Waals surface area (Å²) < 4.78 is 11.7. The van der Waals surface area contributed by atoms with Crippen molar-refractivity contribution in [2.24, 2.45) is 0 Å². The van der Waals surface area contributed by atoms with Crippen molar-refractivity contribution in [3.63, 3.8) is 0 Å². The Balaban J connectivity index is 1.04. The fourth-order valence-corrected chi connectivity index (χ4v) is 10.6. The smallest absolute Gasteiger partial charge is 0.145 e. The first-order valence-electron chi connectivity index (χ1n) is 25.3. The Labute approximate surface area is 418 Å². The maximum Gasteiger partial charge on any atom is 0.145 e. The number of ether oxygens (including phenoxy) is 1. The van der Waals surface area contributed by atoms with Gasteiger partial charge >= 0.3 is 0 Å². The lowest BCUT2D eigenvalue weighted by molar-refractivity contribution is 0.483. The average molecular weight is 925 g/mol. The molecule has 0 unspecified atom stereocenters. The highest BCUT2D eigenvalue weighted by Gasteiger charge is 2.26. The van der Waals surface area contributed by atoms with Crippen LogP contribution in [0, 0.1) is 0 Å². The van der Waals surface area contributed by atoms with Crippen molar-refractivity contribution in [1.29, 1.82) is 0 Å². The molecule has 0 aliphatic carbocycles. The summed E-state index contributed by atoms with van der Waals surface area (Å²) in [5.74, 6) is 4.32. The standard InChI is InChI=1S/C66H60N4O/c1-41(2)55-36-48(45-21-11-9-12-22-45)37-56(42(3)4)63(55)54-28-20-34-67-66(54)69-60-30-17-15-27-52(60)53-33-32-51(40-62(53)69)71-50-26-19-25-47(35-50)65-68-59-29-16-18-31-61(59)70(65)64-57(43(5)6)38-49(39-58(64)44(7)8)46-23-13-10-14-24-46/h9-44H,1-8H3. The zero-order chi connectivity index (χ0) is 48.9. The molecule has 5 nitrogen and oxygen atoms in total. The number of pyridine rings is 1. The van der Waals surface area contributed by atoms with Crippen molar-refractivity contribution in [2.75, 3.05) is 0 Å². The highest BCUT2D eigenvalue weighted by molar-refractivity contribution is 6.10. The van der Waals surface area contributed by atoms with Crippen molar-refractivity contribution in [2.45, 2.75) is 79.1 Å². The maximum absolute atomic E-state index is 6.94. The number of para-hydroxylation sites is 3. The van der Waals surface area contributed by atoms with E-state index in [2.05, 4.69) is 247 Å². The van der Waals surface area contributed by atoms with Crippen molar-refractivity contribution < 1.29 is 4.74 Å². The summed E-state index contributed by atoms with van der Waals surface area (Å²) >= 11 is 0. The van der Waals surface area contributed by atoms with E-state index in [0.29, 0.717) is 0 Å². The lowest BCUT2D eigenvalue weighted by atomic mass is 9.82. The monoisotopic (exact) mass is 924 g/mol. The lowest BCUT2D eigenvalue weighted by Gasteiger charge is -2.24. The molecule has 0 radical (unpaired) electrons. The van der Waals surface area contributed by atoms with E-state index in [-0.39, 0.29) is 23.7 Å². The molecule has 11 rings (SSSR count). The summed E-state index contributed by atoms with van der Waals surface area (Å²) in [6.45, 7) is 18.4. The maximum atomic E-state index is 6.94. The molecule has 3 heterocycles. The van der Waals surface area contributed by atoms with E-state index in [4.69, 9.17) is 14.7 Å². The Morgan fingerprint density at radius 2 is 0.930 bits per heavy atom. The van der Waals surface area contributed by atoms with Crippen molar-refractivity contribution in [1.82, 2.24) is 19.1 Å². The number of imidazole rings is 1. The van der Waals surface area contributed by atoms with Gasteiger partial charge in [-0.15, -0.1) is 0 Å².